The standard InChI is InChI=1S/C20H26N2O3S2/c1-22(2)13-19-12-17(14-26-19)25-10-5-4-9-21-20(23)15-27-18-8-6-7-16(11-18)24-3/h4,6-9,11-12,14H,5,10,13,15H2,1-3H3,(H,21,23)/b9-4-. The van der Waals surface area contributed by atoms with E-state index in [0.717, 1.165) is 29.4 Å². The summed E-state index contributed by atoms with van der Waals surface area (Å²) in [6, 6.07) is 9.75. The van der Waals surface area contributed by atoms with E-state index in [1.807, 2.05) is 35.7 Å². The highest BCUT2D eigenvalue weighted by Crippen LogP contribution is 2.23. The lowest BCUT2D eigenvalue weighted by molar-refractivity contribution is -0.117. The molecule has 0 radical (unpaired) electrons. The maximum Gasteiger partial charge on any atom is 0.234 e. The lowest BCUT2D eigenvalue weighted by Crippen LogP contribution is -2.19. The summed E-state index contributed by atoms with van der Waals surface area (Å²) in [7, 11) is 5.73. The van der Waals surface area contributed by atoms with E-state index in [9.17, 15) is 4.79 Å². The van der Waals surface area contributed by atoms with Crippen molar-refractivity contribution in [1.82, 2.24) is 10.2 Å². The quantitative estimate of drug-likeness (QED) is 0.451. The van der Waals surface area contributed by atoms with Gasteiger partial charge in [-0.25, -0.2) is 0 Å². The van der Waals surface area contributed by atoms with E-state index in [2.05, 4.69) is 30.4 Å². The van der Waals surface area contributed by atoms with Crippen molar-refractivity contribution in [3.8, 4) is 11.5 Å². The van der Waals surface area contributed by atoms with E-state index in [1.165, 1.54) is 16.6 Å². The summed E-state index contributed by atoms with van der Waals surface area (Å²) in [5.41, 5.74) is 0. The van der Waals surface area contributed by atoms with Crippen molar-refractivity contribution >= 4 is 29.0 Å². The minimum Gasteiger partial charge on any atom is -0.497 e. The first-order valence-corrected chi connectivity index (χ1v) is 10.5. The van der Waals surface area contributed by atoms with Crippen LogP contribution in [0.1, 0.15) is 11.3 Å². The second-order valence-corrected chi connectivity index (χ2v) is 8.11. The predicted molar refractivity (Wildman–Crippen MR) is 113 cm³/mol. The molecule has 0 saturated carbocycles. The predicted octanol–water partition coefficient (Wildman–Crippen LogP) is 4.01. The molecule has 1 amide bonds. The summed E-state index contributed by atoms with van der Waals surface area (Å²) in [6.45, 7) is 1.51. The van der Waals surface area contributed by atoms with Crippen molar-refractivity contribution in [1.29, 1.82) is 0 Å². The molecule has 1 aromatic carbocycles. The molecular weight excluding hydrogens is 380 g/mol. The van der Waals surface area contributed by atoms with Crippen LogP contribution in [0, 0.1) is 0 Å². The SMILES string of the molecule is COc1cccc(SCC(=O)N/C=C\CCOc2csc(CN(C)C)c2)c1. The first kappa shape index (κ1) is 21.3. The van der Waals surface area contributed by atoms with Crippen LogP contribution in [0.3, 0.4) is 0 Å². The van der Waals surface area contributed by atoms with Crippen molar-refractivity contribution in [2.45, 2.75) is 17.9 Å². The average molecular weight is 407 g/mol. The van der Waals surface area contributed by atoms with Gasteiger partial charge in [-0.15, -0.1) is 23.1 Å². The lowest BCUT2D eigenvalue weighted by atomic mass is 10.3. The molecule has 7 heteroatoms. The molecule has 146 valence electrons. The van der Waals surface area contributed by atoms with Crippen molar-refractivity contribution in [2.75, 3.05) is 33.6 Å². The number of ether oxygens (including phenoxy) is 2. The number of methoxy groups -OCH3 is 1. The maximum absolute atomic E-state index is 11.9. The molecule has 0 aliphatic heterocycles. The molecule has 0 aliphatic rings. The van der Waals surface area contributed by atoms with Gasteiger partial charge in [0.15, 0.2) is 0 Å². The smallest absolute Gasteiger partial charge is 0.234 e. The summed E-state index contributed by atoms with van der Waals surface area (Å²) in [5.74, 6) is 2.02. The summed E-state index contributed by atoms with van der Waals surface area (Å²) in [5, 5.41) is 4.80. The number of thiophene rings is 1. The Kier molecular flexibility index (Phi) is 9.24. The zero-order valence-corrected chi connectivity index (χ0v) is 17.6. The normalized spacial score (nSPS) is 11.1. The summed E-state index contributed by atoms with van der Waals surface area (Å²) in [4.78, 5) is 16.3. The van der Waals surface area contributed by atoms with E-state index >= 15 is 0 Å². The fraction of sp³-hybridized carbons (Fsp3) is 0.350. The third-order valence-corrected chi connectivity index (χ3v) is 5.32. The number of nitrogens with one attached hydrogen (secondary N) is 1. The van der Waals surface area contributed by atoms with Crippen LogP contribution in [0.4, 0.5) is 0 Å². The van der Waals surface area contributed by atoms with Gasteiger partial charge in [0.1, 0.15) is 11.5 Å². The second kappa shape index (κ2) is 11.7. The molecule has 0 spiro atoms. The maximum atomic E-state index is 11.9. The van der Waals surface area contributed by atoms with Crippen molar-refractivity contribution in [3.63, 3.8) is 0 Å². The second-order valence-electron chi connectivity index (χ2n) is 6.06. The molecule has 1 N–H and O–H groups in total. The first-order valence-electron chi connectivity index (χ1n) is 8.63. The number of carbonyl (C=O) groups is 1. The van der Waals surface area contributed by atoms with Crippen LogP contribution in [0.2, 0.25) is 0 Å². The Hall–Kier alpha value is -1.96. The zero-order chi connectivity index (χ0) is 19.5. The third-order valence-electron chi connectivity index (χ3n) is 3.43. The molecule has 1 heterocycles. The Bertz CT molecular complexity index is 744. The topological polar surface area (TPSA) is 50.8 Å². The molecular formula is C20H26N2O3S2. The average Bonchev–Trinajstić information content (AvgIpc) is 3.09. The molecule has 0 atom stereocenters. The molecule has 1 aromatic heterocycles. The number of hydrogen-bond acceptors (Lipinski definition) is 6. The molecule has 0 fully saturated rings. The lowest BCUT2D eigenvalue weighted by Gasteiger charge is -2.06. The number of hydrogen-bond donors (Lipinski definition) is 1. The summed E-state index contributed by atoms with van der Waals surface area (Å²) >= 11 is 3.18. The number of nitrogens with zero attached hydrogens (tertiary/aromatic N) is 1. The largest absolute Gasteiger partial charge is 0.497 e. The van der Waals surface area contributed by atoms with E-state index in [4.69, 9.17) is 9.47 Å². The van der Waals surface area contributed by atoms with Crippen LogP contribution in [0.5, 0.6) is 11.5 Å². The highest BCUT2D eigenvalue weighted by atomic mass is 32.2. The fourth-order valence-corrected chi connectivity index (χ4v) is 3.87. The monoisotopic (exact) mass is 406 g/mol. The molecule has 0 unspecified atom stereocenters. The van der Waals surface area contributed by atoms with E-state index < -0.39 is 0 Å². The Labute approximate surface area is 169 Å². The van der Waals surface area contributed by atoms with Gasteiger partial charge >= 0.3 is 0 Å². The van der Waals surface area contributed by atoms with Crippen LogP contribution in [0.15, 0.2) is 52.9 Å². The Balaban J connectivity index is 1.59. The Morgan fingerprint density at radius 1 is 1.30 bits per heavy atom. The molecule has 0 saturated heterocycles. The van der Waals surface area contributed by atoms with Gasteiger partial charge in [-0.2, -0.15) is 0 Å². The number of rotatable bonds is 11. The summed E-state index contributed by atoms with van der Waals surface area (Å²) in [6.07, 6.45) is 4.33. The van der Waals surface area contributed by atoms with Gasteiger partial charge in [-0.1, -0.05) is 12.1 Å². The molecule has 2 rings (SSSR count). The van der Waals surface area contributed by atoms with Crippen LogP contribution in [-0.2, 0) is 11.3 Å². The fourth-order valence-electron chi connectivity index (χ4n) is 2.19. The van der Waals surface area contributed by atoms with Gasteiger partial charge in [0, 0.05) is 28.1 Å². The minimum absolute atomic E-state index is 0.0360. The van der Waals surface area contributed by atoms with Gasteiger partial charge in [0.2, 0.25) is 5.91 Å². The van der Waals surface area contributed by atoms with Crippen molar-refractivity contribution < 1.29 is 14.3 Å². The summed E-state index contributed by atoms with van der Waals surface area (Å²) < 4.78 is 10.9. The minimum atomic E-state index is -0.0360. The van der Waals surface area contributed by atoms with Gasteiger partial charge in [-0.05, 0) is 44.6 Å². The third kappa shape index (κ3) is 8.51. The van der Waals surface area contributed by atoms with E-state index in [1.54, 1.807) is 24.6 Å². The number of amides is 1. The van der Waals surface area contributed by atoms with Crippen LogP contribution in [-0.4, -0.2) is 44.4 Å². The zero-order valence-electron chi connectivity index (χ0n) is 15.9. The number of thioether (sulfide) groups is 1. The van der Waals surface area contributed by atoms with Crippen molar-refractivity contribution in [2.24, 2.45) is 0 Å². The molecule has 0 aliphatic carbocycles. The molecule has 5 nitrogen and oxygen atoms in total. The van der Waals surface area contributed by atoms with Crippen molar-refractivity contribution in [3.05, 3.63) is 52.9 Å². The molecule has 2 aromatic rings. The first-order chi connectivity index (χ1) is 13.1. The van der Waals surface area contributed by atoms with E-state index in [0.29, 0.717) is 12.4 Å². The molecule has 0 bridgehead atoms. The number of benzene rings is 1. The van der Waals surface area contributed by atoms with Gasteiger partial charge in [0.05, 0.1) is 19.5 Å². The Morgan fingerprint density at radius 3 is 2.93 bits per heavy atom. The van der Waals surface area contributed by atoms with E-state index in [-0.39, 0.29) is 5.91 Å². The molecule has 27 heavy (non-hydrogen) atoms. The van der Waals surface area contributed by atoms with Gasteiger partial charge in [0.25, 0.3) is 0 Å². The van der Waals surface area contributed by atoms with Crippen LogP contribution >= 0.6 is 23.1 Å². The number of carbonyl (C=O) groups excluding carboxylic acids is 1. The highest BCUT2D eigenvalue weighted by Gasteiger charge is 2.03. The highest BCUT2D eigenvalue weighted by molar-refractivity contribution is 8.00. The Morgan fingerprint density at radius 2 is 2.15 bits per heavy atom. The van der Waals surface area contributed by atoms with Gasteiger partial charge in [-0.3, -0.25) is 4.79 Å². The van der Waals surface area contributed by atoms with Crippen LogP contribution < -0.4 is 14.8 Å². The van der Waals surface area contributed by atoms with Crippen LogP contribution in [0.25, 0.3) is 0 Å². The van der Waals surface area contributed by atoms with Gasteiger partial charge < -0.3 is 19.7 Å².